The van der Waals surface area contributed by atoms with Crippen LogP contribution in [0.25, 0.3) is 0 Å². The molecule has 5 nitrogen and oxygen atoms in total. The molecular formula is C37H41NO4. The van der Waals surface area contributed by atoms with Gasteiger partial charge in [0, 0.05) is 25.1 Å². The van der Waals surface area contributed by atoms with Crippen LogP contribution >= 0.6 is 0 Å². The van der Waals surface area contributed by atoms with Gasteiger partial charge >= 0.3 is 5.97 Å². The molecule has 3 rings (SSSR count). The van der Waals surface area contributed by atoms with Crippen LogP contribution in [-0.4, -0.2) is 35.4 Å². The maximum atomic E-state index is 11.0. The maximum Gasteiger partial charge on any atom is 0.303 e. The van der Waals surface area contributed by atoms with Gasteiger partial charge in [0.2, 0.25) is 0 Å². The second-order valence-corrected chi connectivity index (χ2v) is 10.3. The van der Waals surface area contributed by atoms with Crippen molar-refractivity contribution >= 4 is 12.3 Å². The smallest absolute Gasteiger partial charge is 0.303 e. The van der Waals surface area contributed by atoms with E-state index >= 15 is 0 Å². The number of aliphatic carboxylic acids is 1. The van der Waals surface area contributed by atoms with E-state index in [1.807, 2.05) is 55.5 Å². The lowest BCUT2D eigenvalue weighted by Gasteiger charge is -2.23. The van der Waals surface area contributed by atoms with Crippen molar-refractivity contribution in [2.75, 3.05) is 13.1 Å². The van der Waals surface area contributed by atoms with Crippen LogP contribution in [0.2, 0.25) is 0 Å². The molecule has 0 aliphatic heterocycles. The van der Waals surface area contributed by atoms with Crippen LogP contribution in [0, 0.1) is 12.3 Å². The van der Waals surface area contributed by atoms with Crippen molar-refractivity contribution in [1.29, 1.82) is 0 Å². The summed E-state index contributed by atoms with van der Waals surface area (Å²) < 4.78 is 6.27. The molecule has 3 aromatic carbocycles. The number of para-hydroxylation sites is 1. The molecule has 0 unspecified atom stereocenters. The third kappa shape index (κ3) is 11.6. The molecule has 0 aliphatic rings. The Hall–Kier alpha value is -4.40. The minimum atomic E-state index is -0.761. The highest BCUT2D eigenvalue weighted by molar-refractivity contribution is 5.74. The molecule has 0 atom stereocenters. The Morgan fingerprint density at radius 3 is 2.31 bits per heavy atom. The summed E-state index contributed by atoms with van der Waals surface area (Å²) in [6.45, 7) is 4.86. The van der Waals surface area contributed by atoms with Gasteiger partial charge in [0.1, 0.15) is 18.6 Å². The van der Waals surface area contributed by atoms with Crippen LogP contribution in [0.15, 0.2) is 96.6 Å². The Morgan fingerprint density at radius 1 is 0.905 bits per heavy atom. The van der Waals surface area contributed by atoms with E-state index in [0.29, 0.717) is 18.6 Å². The van der Waals surface area contributed by atoms with E-state index in [0.717, 1.165) is 74.0 Å². The summed E-state index contributed by atoms with van der Waals surface area (Å²) in [7, 11) is 0. The largest absolute Gasteiger partial charge is 0.489 e. The van der Waals surface area contributed by atoms with Crippen LogP contribution in [0.4, 0.5) is 0 Å². The number of nitrogens with zero attached hydrogens (tertiary/aromatic N) is 1. The number of unbranched alkanes of at least 4 members (excludes halogenated alkanes) is 1. The van der Waals surface area contributed by atoms with Gasteiger partial charge in [-0.2, -0.15) is 0 Å². The van der Waals surface area contributed by atoms with Crippen LogP contribution in [0.5, 0.6) is 5.75 Å². The normalized spacial score (nSPS) is 11.5. The van der Waals surface area contributed by atoms with E-state index in [9.17, 15) is 9.59 Å². The minimum Gasteiger partial charge on any atom is -0.489 e. The monoisotopic (exact) mass is 563 g/mol. The maximum absolute atomic E-state index is 11.0. The fraction of sp³-hybridized carbons (Fsp3) is 0.297. The molecule has 42 heavy (non-hydrogen) atoms. The third-order valence-electron chi connectivity index (χ3n) is 7.19. The number of carboxylic acid groups (broad SMARTS) is 1. The summed E-state index contributed by atoms with van der Waals surface area (Å²) in [5.41, 5.74) is 6.54. The number of hydrogen-bond donors (Lipinski definition) is 1. The van der Waals surface area contributed by atoms with E-state index in [2.05, 4.69) is 47.2 Å². The van der Waals surface area contributed by atoms with Gasteiger partial charge in [-0.15, -0.1) is 6.42 Å². The van der Waals surface area contributed by atoms with Crippen molar-refractivity contribution in [1.82, 2.24) is 4.90 Å². The van der Waals surface area contributed by atoms with Crippen molar-refractivity contribution in [2.24, 2.45) is 0 Å². The predicted molar refractivity (Wildman–Crippen MR) is 170 cm³/mol. The lowest BCUT2D eigenvalue weighted by atomic mass is 10.0. The summed E-state index contributed by atoms with van der Waals surface area (Å²) in [6, 6.07) is 24.3. The zero-order chi connectivity index (χ0) is 30.0. The molecule has 5 heteroatoms. The Kier molecular flexibility index (Phi) is 13.9. The Bertz CT molecular complexity index is 1360. The number of benzene rings is 3. The fourth-order valence-electron chi connectivity index (χ4n) is 4.70. The van der Waals surface area contributed by atoms with Crippen molar-refractivity contribution in [2.45, 2.75) is 58.6 Å². The molecule has 0 aliphatic carbocycles. The van der Waals surface area contributed by atoms with Crippen molar-refractivity contribution in [3.05, 3.63) is 124 Å². The van der Waals surface area contributed by atoms with Gasteiger partial charge in [0.05, 0.1) is 0 Å². The first-order valence-electron chi connectivity index (χ1n) is 14.6. The van der Waals surface area contributed by atoms with Crippen molar-refractivity contribution in [3.63, 3.8) is 0 Å². The van der Waals surface area contributed by atoms with Crippen LogP contribution in [-0.2, 0) is 30.8 Å². The Labute approximate surface area is 250 Å². The molecule has 0 heterocycles. The van der Waals surface area contributed by atoms with Gasteiger partial charge in [-0.3, -0.25) is 14.5 Å². The Morgan fingerprint density at radius 2 is 1.62 bits per heavy atom. The lowest BCUT2D eigenvalue weighted by Crippen LogP contribution is -2.27. The van der Waals surface area contributed by atoms with Crippen molar-refractivity contribution < 1.29 is 19.4 Å². The first-order valence-corrected chi connectivity index (χ1v) is 14.6. The molecule has 3 aromatic rings. The standard InChI is InChI=1S/C37H41NO4/c1-3-5-10-30(4-2)14-15-31-16-22-34(23-17-31)29-42-36-12-7-6-11-35(36)24-26-38(25-9-8-13-37(40)41)27-32-18-20-33(28-39)21-19-32/h1,4-7,10-12,16-23,28H,8-9,13-15,24-27,29H2,2H3,(H,40,41)/b10-5-,30-4+. The highest BCUT2D eigenvalue weighted by Crippen LogP contribution is 2.21. The molecule has 0 saturated heterocycles. The SMILES string of the molecule is C#C/C=C\C(=C/C)CCc1ccc(COc2ccccc2CCN(CCCCC(=O)O)Cc2ccc(C=O)cc2)cc1. The fourth-order valence-corrected chi connectivity index (χ4v) is 4.70. The molecule has 218 valence electrons. The molecule has 0 fully saturated rings. The van der Waals surface area contributed by atoms with Crippen LogP contribution in [0.3, 0.4) is 0 Å². The molecule has 0 spiro atoms. The number of rotatable bonds is 18. The number of carbonyl (C=O) groups excluding carboxylic acids is 1. The summed E-state index contributed by atoms with van der Waals surface area (Å²) in [5, 5.41) is 9.01. The summed E-state index contributed by atoms with van der Waals surface area (Å²) >= 11 is 0. The second-order valence-electron chi connectivity index (χ2n) is 10.3. The van der Waals surface area contributed by atoms with E-state index < -0.39 is 5.97 Å². The first kappa shape index (κ1) is 32.1. The molecule has 0 aromatic heterocycles. The minimum absolute atomic E-state index is 0.181. The zero-order valence-electron chi connectivity index (χ0n) is 24.5. The van der Waals surface area contributed by atoms with Crippen molar-refractivity contribution in [3.8, 4) is 18.1 Å². The number of carboxylic acids is 1. The highest BCUT2D eigenvalue weighted by Gasteiger charge is 2.11. The number of ether oxygens (including phenoxy) is 1. The first-order chi connectivity index (χ1) is 20.5. The number of allylic oxidation sites excluding steroid dienone is 4. The summed E-state index contributed by atoms with van der Waals surface area (Å²) in [6.07, 6.45) is 16.3. The highest BCUT2D eigenvalue weighted by atomic mass is 16.5. The van der Waals surface area contributed by atoms with Crippen LogP contribution in [0.1, 0.15) is 65.2 Å². The number of aryl methyl sites for hydroxylation is 1. The molecule has 0 amide bonds. The van der Waals surface area contributed by atoms with Crippen LogP contribution < -0.4 is 4.74 Å². The van der Waals surface area contributed by atoms with Gasteiger partial charge < -0.3 is 9.84 Å². The summed E-state index contributed by atoms with van der Waals surface area (Å²) in [4.78, 5) is 24.3. The topological polar surface area (TPSA) is 66.8 Å². The summed E-state index contributed by atoms with van der Waals surface area (Å²) in [5.74, 6) is 2.66. The van der Waals surface area contributed by atoms with Gasteiger partial charge in [0.15, 0.2) is 0 Å². The Balaban J connectivity index is 1.57. The second kappa shape index (κ2) is 18.1. The number of terminal acetylenes is 1. The van der Waals surface area contributed by atoms with Gasteiger partial charge in [-0.05, 0) is 80.0 Å². The molecule has 1 N–H and O–H groups in total. The van der Waals surface area contributed by atoms with E-state index in [1.54, 1.807) is 6.08 Å². The van der Waals surface area contributed by atoms with E-state index in [4.69, 9.17) is 16.3 Å². The third-order valence-corrected chi connectivity index (χ3v) is 7.19. The number of aldehydes is 1. The number of carbonyl (C=O) groups is 2. The molecular weight excluding hydrogens is 522 g/mol. The molecule has 0 bridgehead atoms. The van der Waals surface area contributed by atoms with E-state index in [-0.39, 0.29) is 6.42 Å². The molecule has 0 saturated carbocycles. The zero-order valence-corrected chi connectivity index (χ0v) is 24.5. The average Bonchev–Trinajstić information content (AvgIpc) is 3.02. The van der Waals surface area contributed by atoms with Gasteiger partial charge in [-0.25, -0.2) is 0 Å². The molecule has 0 radical (unpaired) electrons. The predicted octanol–water partition coefficient (Wildman–Crippen LogP) is 7.45. The lowest BCUT2D eigenvalue weighted by molar-refractivity contribution is -0.137. The number of hydrogen-bond acceptors (Lipinski definition) is 4. The van der Waals surface area contributed by atoms with Gasteiger partial charge in [-0.1, -0.05) is 90.4 Å². The van der Waals surface area contributed by atoms with Gasteiger partial charge in [0.25, 0.3) is 0 Å². The quantitative estimate of drug-likeness (QED) is 0.0754. The average molecular weight is 564 g/mol. The van der Waals surface area contributed by atoms with E-state index in [1.165, 1.54) is 11.1 Å².